The molecule has 0 amide bonds. The Balaban J connectivity index is 1.86. The van der Waals surface area contributed by atoms with Gasteiger partial charge in [-0.3, -0.25) is 4.90 Å². The number of rotatable bonds is 6. The molecule has 2 aromatic heterocycles. The summed E-state index contributed by atoms with van der Waals surface area (Å²) < 4.78 is 5.69. The lowest BCUT2D eigenvalue weighted by molar-refractivity contribution is 0.280. The maximum absolute atomic E-state index is 5.69. The summed E-state index contributed by atoms with van der Waals surface area (Å²) in [5.41, 5.74) is 2.97. The van der Waals surface area contributed by atoms with Gasteiger partial charge in [0.15, 0.2) is 0 Å². The van der Waals surface area contributed by atoms with Gasteiger partial charge in [-0.15, -0.1) is 11.3 Å². The van der Waals surface area contributed by atoms with Crippen LogP contribution in [0, 0.1) is 0 Å². The fourth-order valence-corrected chi connectivity index (χ4v) is 2.24. The predicted octanol–water partition coefficient (Wildman–Crippen LogP) is 2.09. The summed E-state index contributed by atoms with van der Waals surface area (Å²) in [6.45, 7) is 2.43. The summed E-state index contributed by atoms with van der Waals surface area (Å²) in [6.07, 6.45) is 0. The predicted molar refractivity (Wildman–Crippen MR) is 68.8 cm³/mol. The zero-order chi connectivity index (χ0) is 12.1. The van der Waals surface area contributed by atoms with Crippen LogP contribution in [0.15, 0.2) is 27.4 Å². The van der Waals surface area contributed by atoms with Gasteiger partial charge in [0, 0.05) is 11.9 Å². The molecule has 92 valence electrons. The Bertz CT molecular complexity index is 438. The van der Waals surface area contributed by atoms with Gasteiger partial charge in [0.25, 0.3) is 0 Å². The van der Waals surface area contributed by atoms with Crippen molar-refractivity contribution >= 4 is 11.3 Å². The molecule has 2 rings (SSSR count). The van der Waals surface area contributed by atoms with Crippen LogP contribution in [-0.4, -0.2) is 24.0 Å². The molecule has 0 aliphatic rings. The Labute approximate surface area is 105 Å². The molecule has 0 bridgehead atoms. The molecule has 0 aliphatic carbocycles. The summed E-state index contributed by atoms with van der Waals surface area (Å²) in [5, 5.41) is 5.15. The summed E-state index contributed by atoms with van der Waals surface area (Å²) in [4.78, 5) is 6.46. The van der Waals surface area contributed by atoms with Crippen LogP contribution in [0.4, 0.5) is 0 Å². The molecule has 17 heavy (non-hydrogen) atoms. The third-order valence-electron chi connectivity index (χ3n) is 2.41. The molecule has 0 saturated carbocycles. The summed E-state index contributed by atoms with van der Waals surface area (Å²) in [7, 11) is 3.98. The van der Waals surface area contributed by atoms with Gasteiger partial charge in [-0.1, -0.05) is 0 Å². The molecule has 0 spiro atoms. The van der Waals surface area contributed by atoms with E-state index in [1.54, 1.807) is 11.3 Å². The summed E-state index contributed by atoms with van der Waals surface area (Å²) in [6, 6.07) is 4.05. The van der Waals surface area contributed by atoms with Crippen molar-refractivity contribution < 1.29 is 4.42 Å². The summed E-state index contributed by atoms with van der Waals surface area (Å²) >= 11 is 1.63. The highest BCUT2D eigenvalue weighted by Crippen LogP contribution is 2.12. The normalized spacial score (nSPS) is 11.2. The van der Waals surface area contributed by atoms with Crippen LogP contribution in [0.5, 0.6) is 0 Å². The van der Waals surface area contributed by atoms with Crippen molar-refractivity contribution in [1.82, 2.24) is 15.2 Å². The average molecular weight is 251 g/mol. The van der Waals surface area contributed by atoms with Crippen molar-refractivity contribution in [2.75, 3.05) is 14.1 Å². The lowest BCUT2D eigenvalue weighted by atomic mass is 10.3. The van der Waals surface area contributed by atoms with Gasteiger partial charge in [-0.05, 0) is 26.2 Å². The quantitative estimate of drug-likeness (QED) is 0.853. The van der Waals surface area contributed by atoms with Crippen molar-refractivity contribution in [1.29, 1.82) is 0 Å². The molecule has 1 N–H and O–H groups in total. The third kappa shape index (κ3) is 3.66. The fraction of sp³-hybridized carbons (Fsp3) is 0.417. The molecule has 4 nitrogen and oxygen atoms in total. The van der Waals surface area contributed by atoms with E-state index in [1.165, 1.54) is 0 Å². The smallest absolute Gasteiger partial charge is 0.118 e. The molecule has 0 atom stereocenters. The van der Waals surface area contributed by atoms with E-state index in [1.807, 2.05) is 24.7 Å². The number of nitrogens with zero attached hydrogens (tertiary/aromatic N) is 2. The SMILES string of the molecule is CNCc1ccc(CN(C)Cc2cscn2)o1. The van der Waals surface area contributed by atoms with E-state index in [-0.39, 0.29) is 0 Å². The molecule has 5 heteroatoms. The molecule has 0 radical (unpaired) electrons. The zero-order valence-electron chi connectivity index (χ0n) is 10.1. The maximum Gasteiger partial charge on any atom is 0.118 e. The minimum absolute atomic E-state index is 0.774. The standard InChI is InChI=1S/C12H17N3OS/c1-13-5-11-3-4-12(16-11)7-15(2)6-10-8-17-9-14-10/h3-4,8-9,13H,5-7H2,1-2H3. The van der Waals surface area contributed by atoms with Gasteiger partial charge < -0.3 is 9.73 Å². The highest BCUT2D eigenvalue weighted by atomic mass is 32.1. The van der Waals surface area contributed by atoms with Crippen LogP contribution in [0.1, 0.15) is 17.2 Å². The first-order valence-electron chi connectivity index (χ1n) is 5.55. The monoisotopic (exact) mass is 251 g/mol. The van der Waals surface area contributed by atoms with E-state index in [0.717, 1.165) is 36.8 Å². The number of furan rings is 1. The zero-order valence-corrected chi connectivity index (χ0v) is 11.0. The van der Waals surface area contributed by atoms with Crippen LogP contribution < -0.4 is 5.32 Å². The first-order valence-corrected chi connectivity index (χ1v) is 6.50. The largest absolute Gasteiger partial charge is 0.463 e. The minimum atomic E-state index is 0.774. The minimum Gasteiger partial charge on any atom is -0.463 e. The number of hydrogen-bond acceptors (Lipinski definition) is 5. The maximum atomic E-state index is 5.69. The lowest BCUT2D eigenvalue weighted by Gasteiger charge is -2.13. The van der Waals surface area contributed by atoms with Crippen LogP contribution in [-0.2, 0) is 19.6 Å². The topological polar surface area (TPSA) is 41.3 Å². The van der Waals surface area contributed by atoms with E-state index in [9.17, 15) is 0 Å². The molecule has 2 heterocycles. The third-order valence-corrected chi connectivity index (χ3v) is 3.04. The number of aromatic nitrogens is 1. The van der Waals surface area contributed by atoms with Crippen LogP contribution in [0.25, 0.3) is 0 Å². The molecule has 0 aliphatic heterocycles. The van der Waals surface area contributed by atoms with E-state index in [0.29, 0.717) is 0 Å². The number of thiazole rings is 1. The van der Waals surface area contributed by atoms with Gasteiger partial charge in [-0.25, -0.2) is 4.98 Å². The van der Waals surface area contributed by atoms with Crippen molar-refractivity contribution in [3.63, 3.8) is 0 Å². The Hall–Kier alpha value is -1.17. The number of hydrogen-bond donors (Lipinski definition) is 1. The highest BCUT2D eigenvalue weighted by molar-refractivity contribution is 7.07. The van der Waals surface area contributed by atoms with Gasteiger partial charge in [-0.2, -0.15) is 0 Å². The van der Waals surface area contributed by atoms with E-state index in [4.69, 9.17) is 4.42 Å². The molecule has 0 unspecified atom stereocenters. The average Bonchev–Trinajstić information content (AvgIpc) is 2.91. The number of nitrogens with one attached hydrogen (secondary N) is 1. The Kier molecular flexibility index (Phi) is 4.30. The van der Waals surface area contributed by atoms with E-state index in [2.05, 4.69) is 27.6 Å². The van der Waals surface area contributed by atoms with Gasteiger partial charge in [0.2, 0.25) is 0 Å². The second-order valence-electron chi connectivity index (χ2n) is 4.05. The van der Waals surface area contributed by atoms with Gasteiger partial charge in [0.05, 0.1) is 24.3 Å². The van der Waals surface area contributed by atoms with E-state index < -0.39 is 0 Å². The highest BCUT2D eigenvalue weighted by Gasteiger charge is 2.06. The Morgan fingerprint density at radius 1 is 1.35 bits per heavy atom. The fourth-order valence-electron chi connectivity index (χ4n) is 1.69. The van der Waals surface area contributed by atoms with Crippen molar-refractivity contribution in [2.45, 2.75) is 19.6 Å². The first-order chi connectivity index (χ1) is 8.28. The van der Waals surface area contributed by atoms with Crippen LogP contribution >= 0.6 is 11.3 Å². The first kappa shape index (κ1) is 12.3. The molecule has 2 aromatic rings. The van der Waals surface area contributed by atoms with Crippen LogP contribution in [0.2, 0.25) is 0 Å². The molecule has 0 fully saturated rings. The Morgan fingerprint density at radius 3 is 2.88 bits per heavy atom. The summed E-state index contributed by atoms with van der Waals surface area (Å²) in [5.74, 6) is 1.97. The van der Waals surface area contributed by atoms with Crippen molar-refractivity contribution in [2.24, 2.45) is 0 Å². The second kappa shape index (κ2) is 5.95. The van der Waals surface area contributed by atoms with Gasteiger partial charge in [0.1, 0.15) is 11.5 Å². The van der Waals surface area contributed by atoms with Gasteiger partial charge >= 0.3 is 0 Å². The van der Waals surface area contributed by atoms with Crippen LogP contribution in [0.3, 0.4) is 0 Å². The van der Waals surface area contributed by atoms with E-state index >= 15 is 0 Å². The lowest BCUT2D eigenvalue weighted by Crippen LogP contribution is -2.17. The molecular weight excluding hydrogens is 234 g/mol. The molecular formula is C12H17N3OS. The second-order valence-corrected chi connectivity index (χ2v) is 4.77. The molecule has 0 aromatic carbocycles. The van der Waals surface area contributed by atoms with Crippen molar-refractivity contribution in [3.8, 4) is 0 Å². The van der Waals surface area contributed by atoms with Crippen molar-refractivity contribution in [3.05, 3.63) is 40.2 Å². The molecule has 0 saturated heterocycles. The Morgan fingerprint density at radius 2 is 2.18 bits per heavy atom.